The number of aromatic nitrogens is 2. The molecule has 2 aliphatic rings. The van der Waals surface area contributed by atoms with E-state index in [4.69, 9.17) is 4.74 Å². The van der Waals surface area contributed by atoms with E-state index in [1.165, 1.54) is 0 Å². The predicted octanol–water partition coefficient (Wildman–Crippen LogP) is -0.791. The van der Waals surface area contributed by atoms with Gasteiger partial charge in [-0.05, 0) is 25.7 Å². The van der Waals surface area contributed by atoms with Gasteiger partial charge in [0.15, 0.2) is 0 Å². The standard InChI is InChI=1S/C14H19N3O5/c18-10-2-1-7-22-14(10)3-5-17(6-4-14)12(20)9-8-11(19)16-13(21)15-9/h8,10,18H,1-7H2,(H2,15,16,19,21). The van der Waals surface area contributed by atoms with Gasteiger partial charge in [0.05, 0.1) is 11.7 Å². The Morgan fingerprint density at radius 3 is 2.68 bits per heavy atom. The van der Waals surface area contributed by atoms with Crippen LogP contribution in [0.2, 0.25) is 0 Å². The second kappa shape index (κ2) is 5.69. The SMILES string of the molecule is O=C(c1cc(=O)[nH]c(=O)[nH]1)N1CCC2(CC1)OCCCC2O. The van der Waals surface area contributed by atoms with Gasteiger partial charge in [-0.15, -0.1) is 0 Å². The van der Waals surface area contributed by atoms with Gasteiger partial charge < -0.3 is 19.7 Å². The molecule has 2 aliphatic heterocycles. The molecule has 0 aliphatic carbocycles. The van der Waals surface area contributed by atoms with Gasteiger partial charge in [0.1, 0.15) is 5.69 Å². The number of carbonyl (C=O) groups excluding carboxylic acids is 1. The van der Waals surface area contributed by atoms with Gasteiger partial charge in [-0.1, -0.05) is 0 Å². The average Bonchev–Trinajstić information content (AvgIpc) is 2.49. The summed E-state index contributed by atoms with van der Waals surface area (Å²) in [4.78, 5) is 40.8. The molecule has 1 aromatic heterocycles. The molecule has 0 bridgehead atoms. The van der Waals surface area contributed by atoms with Crippen molar-refractivity contribution in [3.8, 4) is 0 Å². The molecule has 1 unspecified atom stereocenters. The van der Waals surface area contributed by atoms with Crippen molar-refractivity contribution in [1.29, 1.82) is 0 Å². The quantitative estimate of drug-likeness (QED) is 0.629. The van der Waals surface area contributed by atoms with Crippen LogP contribution in [0, 0.1) is 0 Å². The minimum absolute atomic E-state index is 0.0187. The topological polar surface area (TPSA) is 115 Å². The first-order valence-electron chi connectivity index (χ1n) is 7.45. The highest BCUT2D eigenvalue weighted by molar-refractivity contribution is 5.92. The zero-order valence-electron chi connectivity index (χ0n) is 12.1. The van der Waals surface area contributed by atoms with Crippen molar-refractivity contribution in [1.82, 2.24) is 14.9 Å². The molecule has 1 amide bonds. The van der Waals surface area contributed by atoms with Crippen molar-refractivity contribution in [3.63, 3.8) is 0 Å². The number of hydrogen-bond acceptors (Lipinski definition) is 5. The maximum Gasteiger partial charge on any atom is 0.326 e. The Balaban J connectivity index is 1.72. The van der Waals surface area contributed by atoms with Gasteiger partial charge in [-0.3, -0.25) is 14.6 Å². The number of piperidine rings is 1. The van der Waals surface area contributed by atoms with Gasteiger partial charge in [0.2, 0.25) is 0 Å². The molecule has 1 spiro atoms. The van der Waals surface area contributed by atoms with Gasteiger partial charge in [0.25, 0.3) is 11.5 Å². The van der Waals surface area contributed by atoms with Gasteiger partial charge in [0, 0.05) is 25.8 Å². The van der Waals surface area contributed by atoms with Crippen LogP contribution in [-0.2, 0) is 4.74 Å². The third-order valence-corrected chi connectivity index (χ3v) is 4.51. The lowest BCUT2D eigenvalue weighted by Crippen LogP contribution is -2.56. The van der Waals surface area contributed by atoms with Crippen LogP contribution < -0.4 is 11.2 Å². The van der Waals surface area contributed by atoms with Crippen LogP contribution in [0.25, 0.3) is 0 Å². The Hall–Kier alpha value is -1.93. The summed E-state index contributed by atoms with van der Waals surface area (Å²) in [6.07, 6.45) is 2.16. The molecule has 0 saturated carbocycles. The van der Waals surface area contributed by atoms with Crippen LogP contribution in [0.4, 0.5) is 0 Å². The van der Waals surface area contributed by atoms with Crippen LogP contribution in [0.1, 0.15) is 36.2 Å². The minimum atomic E-state index is -0.699. The van der Waals surface area contributed by atoms with Crippen molar-refractivity contribution < 1.29 is 14.6 Å². The van der Waals surface area contributed by atoms with Gasteiger partial charge in [-0.25, -0.2) is 4.79 Å². The number of aliphatic hydroxyl groups is 1. The zero-order valence-corrected chi connectivity index (χ0v) is 12.1. The van der Waals surface area contributed by atoms with Crippen LogP contribution in [-0.4, -0.2) is 57.3 Å². The number of nitrogens with zero attached hydrogens (tertiary/aromatic N) is 1. The highest BCUT2D eigenvalue weighted by Crippen LogP contribution is 2.35. The van der Waals surface area contributed by atoms with E-state index in [2.05, 4.69) is 4.98 Å². The highest BCUT2D eigenvalue weighted by Gasteiger charge is 2.44. The lowest BCUT2D eigenvalue weighted by Gasteiger charge is -2.46. The lowest BCUT2D eigenvalue weighted by molar-refractivity contribution is -0.174. The normalized spacial score (nSPS) is 24.4. The second-order valence-corrected chi connectivity index (χ2v) is 5.86. The number of aliphatic hydroxyl groups excluding tert-OH is 1. The van der Waals surface area contributed by atoms with E-state index in [0.29, 0.717) is 32.5 Å². The van der Waals surface area contributed by atoms with E-state index < -0.39 is 23.0 Å². The first-order valence-corrected chi connectivity index (χ1v) is 7.45. The number of ether oxygens (including phenoxy) is 1. The summed E-state index contributed by atoms with van der Waals surface area (Å²) in [5, 5.41) is 10.2. The van der Waals surface area contributed by atoms with E-state index in [1.807, 2.05) is 4.98 Å². The summed E-state index contributed by atoms with van der Waals surface area (Å²) < 4.78 is 5.79. The zero-order chi connectivity index (χ0) is 15.7. The molecular weight excluding hydrogens is 290 g/mol. The summed E-state index contributed by atoms with van der Waals surface area (Å²) in [6.45, 7) is 1.47. The van der Waals surface area contributed by atoms with Crippen molar-refractivity contribution in [2.75, 3.05) is 19.7 Å². The molecule has 0 aromatic carbocycles. The molecule has 1 aromatic rings. The predicted molar refractivity (Wildman–Crippen MR) is 76.7 cm³/mol. The number of amides is 1. The fourth-order valence-electron chi connectivity index (χ4n) is 3.23. The van der Waals surface area contributed by atoms with Crippen LogP contribution in [0.5, 0.6) is 0 Å². The molecule has 0 radical (unpaired) electrons. The van der Waals surface area contributed by atoms with Gasteiger partial charge in [-0.2, -0.15) is 0 Å². The Bertz CT molecular complexity index is 643. The van der Waals surface area contributed by atoms with Crippen LogP contribution in [0.3, 0.4) is 0 Å². The van der Waals surface area contributed by atoms with E-state index in [9.17, 15) is 19.5 Å². The molecule has 8 nitrogen and oxygen atoms in total. The lowest BCUT2D eigenvalue weighted by atomic mass is 9.82. The van der Waals surface area contributed by atoms with Crippen LogP contribution in [0.15, 0.2) is 15.7 Å². The van der Waals surface area contributed by atoms with Crippen molar-refractivity contribution in [2.45, 2.75) is 37.4 Å². The van der Waals surface area contributed by atoms with Crippen molar-refractivity contribution in [3.05, 3.63) is 32.6 Å². The molecule has 120 valence electrons. The number of carbonyl (C=O) groups is 1. The minimum Gasteiger partial charge on any atom is -0.390 e. The smallest absolute Gasteiger partial charge is 0.326 e. The summed E-state index contributed by atoms with van der Waals surface area (Å²) in [5.74, 6) is -0.386. The van der Waals surface area contributed by atoms with Crippen LogP contribution >= 0.6 is 0 Å². The molecule has 1 atom stereocenters. The fraction of sp³-hybridized carbons (Fsp3) is 0.643. The first kappa shape index (κ1) is 15.0. The Morgan fingerprint density at radius 1 is 1.32 bits per heavy atom. The third kappa shape index (κ3) is 2.71. The van der Waals surface area contributed by atoms with Gasteiger partial charge >= 0.3 is 5.69 Å². The second-order valence-electron chi connectivity index (χ2n) is 5.86. The highest BCUT2D eigenvalue weighted by atomic mass is 16.5. The number of nitrogens with one attached hydrogen (secondary N) is 2. The average molecular weight is 309 g/mol. The van der Waals surface area contributed by atoms with E-state index in [-0.39, 0.29) is 11.6 Å². The monoisotopic (exact) mass is 309 g/mol. The van der Waals surface area contributed by atoms with E-state index >= 15 is 0 Å². The summed E-state index contributed by atoms with van der Waals surface area (Å²) in [7, 11) is 0. The largest absolute Gasteiger partial charge is 0.390 e. The third-order valence-electron chi connectivity index (χ3n) is 4.51. The summed E-state index contributed by atoms with van der Waals surface area (Å²) >= 11 is 0. The maximum atomic E-state index is 12.4. The Kier molecular flexibility index (Phi) is 3.88. The molecule has 22 heavy (non-hydrogen) atoms. The fourth-order valence-corrected chi connectivity index (χ4v) is 3.23. The number of hydrogen-bond donors (Lipinski definition) is 3. The summed E-state index contributed by atoms with van der Waals surface area (Å²) in [6, 6.07) is 1.08. The van der Waals surface area contributed by atoms with Crippen molar-refractivity contribution >= 4 is 5.91 Å². The molecular formula is C14H19N3O5. The maximum absolute atomic E-state index is 12.4. The molecule has 3 N–H and O–H groups in total. The molecule has 3 heterocycles. The number of aromatic amines is 2. The van der Waals surface area contributed by atoms with Crippen molar-refractivity contribution in [2.24, 2.45) is 0 Å². The number of H-pyrrole nitrogens is 2. The molecule has 2 fully saturated rings. The Labute approximate surface area is 126 Å². The first-order chi connectivity index (χ1) is 10.5. The molecule has 2 saturated heterocycles. The molecule has 3 rings (SSSR count). The Morgan fingerprint density at radius 2 is 2.05 bits per heavy atom. The number of likely N-dealkylation sites (tertiary alicyclic amines) is 1. The molecule has 8 heteroatoms. The number of rotatable bonds is 1. The van der Waals surface area contributed by atoms with E-state index in [1.54, 1.807) is 4.90 Å². The summed E-state index contributed by atoms with van der Waals surface area (Å²) in [5.41, 5.74) is -1.88. The van der Waals surface area contributed by atoms with E-state index in [0.717, 1.165) is 18.9 Å².